The molecular weight excluding hydrogens is 338 g/mol. The quantitative estimate of drug-likeness (QED) is 0.730. The molecule has 130 valence electrons. The van der Waals surface area contributed by atoms with Gasteiger partial charge in [0.2, 0.25) is 0 Å². The van der Waals surface area contributed by atoms with Gasteiger partial charge in [-0.2, -0.15) is 0 Å². The van der Waals surface area contributed by atoms with E-state index in [1.807, 2.05) is 25.1 Å². The van der Waals surface area contributed by atoms with Crippen LogP contribution < -0.4 is 4.72 Å². The Hall–Kier alpha value is -2.58. The minimum Gasteiger partial charge on any atom is -0.334 e. The van der Waals surface area contributed by atoms with Gasteiger partial charge in [-0.25, -0.2) is 18.1 Å². The van der Waals surface area contributed by atoms with Crippen LogP contribution in [-0.4, -0.2) is 27.9 Å². The van der Waals surface area contributed by atoms with E-state index in [1.165, 1.54) is 0 Å². The van der Waals surface area contributed by atoms with Crippen LogP contribution in [0.5, 0.6) is 0 Å². The predicted molar refractivity (Wildman–Crippen MR) is 94.1 cm³/mol. The zero-order valence-electron chi connectivity index (χ0n) is 14.0. The van der Waals surface area contributed by atoms with E-state index in [-0.39, 0.29) is 11.6 Å². The molecule has 0 saturated heterocycles. The lowest BCUT2D eigenvalue weighted by Gasteiger charge is -2.09. The summed E-state index contributed by atoms with van der Waals surface area (Å²) in [6.45, 7) is 4.51. The molecule has 8 heteroatoms. The number of imidazole rings is 1. The third-order valence-electron chi connectivity index (χ3n) is 3.85. The molecule has 0 spiro atoms. The third-order valence-corrected chi connectivity index (χ3v) is 5.12. The van der Waals surface area contributed by atoms with Crippen molar-refractivity contribution < 1.29 is 8.42 Å². The molecule has 0 fully saturated rings. The molecule has 3 aromatic heterocycles. The van der Waals surface area contributed by atoms with Crippen LogP contribution in [0.25, 0.3) is 11.3 Å². The van der Waals surface area contributed by atoms with Crippen molar-refractivity contribution in [1.29, 1.82) is 0 Å². The summed E-state index contributed by atoms with van der Waals surface area (Å²) in [6, 6.07) is 7.32. The number of hydrogen-bond donors (Lipinski definition) is 1. The number of sulfonamides is 1. The van der Waals surface area contributed by atoms with E-state index in [4.69, 9.17) is 0 Å². The number of aromatic nitrogens is 4. The molecule has 3 rings (SSSR count). The lowest BCUT2D eigenvalue weighted by molar-refractivity contribution is 0.577. The van der Waals surface area contributed by atoms with Gasteiger partial charge in [0.25, 0.3) is 10.0 Å². The van der Waals surface area contributed by atoms with Gasteiger partial charge in [0.1, 0.15) is 5.82 Å². The maximum Gasteiger partial charge on any atom is 0.259 e. The molecule has 25 heavy (non-hydrogen) atoms. The van der Waals surface area contributed by atoms with Gasteiger partial charge in [-0.05, 0) is 37.6 Å². The highest BCUT2D eigenvalue weighted by molar-refractivity contribution is 7.89. The molecular formula is C17H19N5O2S. The van der Waals surface area contributed by atoms with E-state index in [1.54, 1.807) is 42.3 Å². The van der Waals surface area contributed by atoms with Crippen molar-refractivity contribution in [3.05, 3.63) is 60.4 Å². The van der Waals surface area contributed by atoms with E-state index >= 15 is 0 Å². The van der Waals surface area contributed by atoms with Crippen molar-refractivity contribution in [3.63, 3.8) is 0 Å². The van der Waals surface area contributed by atoms with Crippen LogP contribution in [0.15, 0.2) is 54.1 Å². The van der Waals surface area contributed by atoms with E-state index in [2.05, 4.69) is 19.7 Å². The zero-order valence-corrected chi connectivity index (χ0v) is 14.9. The number of nitrogens with zero attached hydrogens (tertiary/aromatic N) is 4. The average Bonchev–Trinajstić information content (AvgIpc) is 3.03. The van der Waals surface area contributed by atoms with E-state index in [0.717, 1.165) is 11.1 Å². The average molecular weight is 357 g/mol. The lowest BCUT2D eigenvalue weighted by Crippen LogP contribution is -2.24. The van der Waals surface area contributed by atoms with Crippen LogP contribution in [0.2, 0.25) is 0 Å². The second kappa shape index (κ2) is 7.12. The molecule has 0 bridgehead atoms. The molecule has 7 nitrogen and oxygen atoms in total. The number of hydrogen-bond acceptors (Lipinski definition) is 5. The fraction of sp³-hybridized carbons (Fsp3) is 0.235. The molecule has 0 amide bonds. The van der Waals surface area contributed by atoms with Crippen LogP contribution >= 0.6 is 0 Å². The highest BCUT2D eigenvalue weighted by atomic mass is 32.2. The Morgan fingerprint density at radius 1 is 1.20 bits per heavy atom. The fourth-order valence-electron chi connectivity index (χ4n) is 2.52. The normalized spacial score (nSPS) is 11.6. The molecule has 1 N–H and O–H groups in total. The Morgan fingerprint density at radius 3 is 2.68 bits per heavy atom. The maximum absolute atomic E-state index is 12.5. The van der Waals surface area contributed by atoms with Gasteiger partial charge in [-0.1, -0.05) is 6.07 Å². The van der Waals surface area contributed by atoms with E-state index in [0.29, 0.717) is 18.1 Å². The number of aryl methyl sites for hydroxylation is 2. The summed E-state index contributed by atoms with van der Waals surface area (Å²) in [6.07, 6.45) is 6.60. The number of rotatable bonds is 6. The summed E-state index contributed by atoms with van der Waals surface area (Å²) in [5, 5.41) is 0.0265. The van der Waals surface area contributed by atoms with Crippen LogP contribution in [0, 0.1) is 6.92 Å². The minimum atomic E-state index is -3.69. The molecule has 3 heterocycles. The zero-order chi connectivity index (χ0) is 17.9. The first-order valence-corrected chi connectivity index (χ1v) is 9.37. The molecule has 0 atom stereocenters. The molecule has 0 radical (unpaired) electrons. The Bertz CT molecular complexity index is 968. The molecule has 0 aliphatic rings. The molecule has 0 aromatic carbocycles. The van der Waals surface area contributed by atoms with Crippen molar-refractivity contribution in [2.45, 2.75) is 32.0 Å². The Kier molecular flexibility index (Phi) is 4.91. The Labute approximate surface area is 146 Å². The molecule has 0 aliphatic heterocycles. The van der Waals surface area contributed by atoms with Gasteiger partial charge in [-0.15, -0.1) is 0 Å². The monoisotopic (exact) mass is 357 g/mol. The van der Waals surface area contributed by atoms with Crippen LogP contribution in [-0.2, 0) is 23.1 Å². The second-order valence-corrected chi connectivity index (χ2v) is 7.20. The second-order valence-electron chi connectivity index (χ2n) is 5.49. The van der Waals surface area contributed by atoms with Crippen molar-refractivity contribution in [2.24, 2.45) is 0 Å². The van der Waals surface area contributed by atoms with Gasteiger partial charge in [-0.3, -0.25) is 9.97 Å². The minimum absolute atomic E-state index is 0.0265. The van der Waals surface area contributed by atoms with Gasteiger partial charge in [0.15, 0.2) is 5.03 Å². The standard InChI is InChI=1S/C17H19N5O2S/c1-3-22-12-16(21-13(22)2)25(23,24)20-11-15-7-5-9-19-17(15)14-6-4-8-18-10-14/h4-10,12,20H,3,11H2,1-2H3. The van der Waals surface area contributed by atoms with Gasteiger partial charge in [0, 0.05) is 43.4 Å². The topological polar surface area (TPSA) is 89.8 Å². The highest BCUT2D eigenvalue weighted by Gasteiger charge is 2.19. The molecule has 0 aliphatic carbocycles. The molecule has 0 unspecified atom stereocenters. The smallest absolute Gasteiger partial charge is 0.259 e. The van der Waals surface area contributed by atoms with E-state index < -0.39 is 10.0 Å². The van der Waals surface area contributed by atoms with Crippen molar-refractivity contribution in [1.82, 2.24) is 24.2 Å². The largest absolute Gasteiger partial charge is 0.334 e. The van der Waals surface area contributed by atoms with Gasteiger partial charge < -0.3 is 4.57 Å². The van der Waals surface area contributed by atoms with Gasteiger partial charge >= 0.3 is 0 Å². The first-order valence-electron chi connectivity index (χ1n) is 7.89. The van der Waals surface area contributed by atoms with E-state index in [9.17, 15) is 8.42 Å². The first-order chi connectivity index (χ1) is 12.0. The lowest BCUT2D eigenvalue weighted by atomic mass is 10.1. The van der Waals surface area contributed by atoms with Crippen LogP contribution in [0.4, 0.5) is 0 Å². The molecule has 0 saturated carbocycles. The summed E-state index contributed by atoms with van der Waals surface area (Å²) in [5.74, 6) is 0.667. The summed E-state index contributed by atoms with van der Waals surface area (Å²) in [7, 11) is -3.69. The Balaban J connectivity index is 1.84. The van der Waals surface area contributed by atoms with Crippen molar-refractivity contribution in [2.75, 3.05) is 0 Å². The number of nitrogens with one attached hydrogen (secondary N) is 1. The third kappa shape index (κ3) is 3.75. The Morgan fingerprint density at radius 2 is 2.00 bits per heavy atom. The van der Waals surface area contributed by atoms with Gasteiger partial charge in [0.05, 0.1) is 5.69 Å². The summed E-state index contributed by atoms with van der Waals surface area (Å²) >= 11 is 0. The first kappa shape index (κ1) is 17.2. The van der Waals surface area contributed by atoms with Crippen LogP contribution in [0.1, 0.15) is 18.3 Å². The SMILES string of the molecule is CCn1cc(S(=O)(=O)NCc2cccnc2-c2cccnc2)nc1C. The number of pyridine rings is 2. The van der Waals surface area contributed by atoms with Crippen LogP contribution in [0.3, 0.4) is 0 Å². The molecule has 3 aromatic rings. The summed E-state index contributed by atoms with van der Waals surface area (Å²) in [5.41, 5.74) is 2.31. The maximum atomic E-state index is 12.5. The van der Waals surface area contributed by atoms with Crippen molar-refractivity contribution >= 4 is 10.0 Å². The predicted octanol–water partition coefficient (Wildman–Crippen LogP) is 2.15. The highest BCUT2D eigenvalue weighted by Crippen LogP contribution is 2.20. The van der Waals surface area contributed by atoms with Crippen molar-refractivity contribution in [3.8, 4) is 11.3 Å². The summed E-state index contributed by atoms with van der Waals surface area (Å²) in [4.78, 5) is 12.6. The fourth-order valence-corrected chi connectivity index (χ4v) is 3.53. The summed E-state index contributed by atoms with van der Waals surface area (Å²) < 4.78 is 29.4.